The normalized spacial score (nSPS) is 12.4. The van der Waals surface area contributed by atoms with E-state index in [-0.39, 0.29) is 18.0 Å². The highest BCUT2D eigenvalue weighted by Gasteiger charge is 2.25. The van der Waals surface area contributed by atoms with Gasteiger partial charge in [0.15, 0.2) is 11.5 Å². The van der Waals surface area contributed by atoms with Crippen LogP contribution in [0.25, 0.3) is 17.0 Å². The molecule has 0 radical (unpaired) electrons. The molecule has 10 heteroatoms. The second kappa shape index (κ2) is 18.0. The number of rotatable bonds is 19. The van der Waals surface area contributed by atoms with Crippen molar-refractivity contribution in [3.63, 3.8) is 0 Å². The molecule has 0 fully saturated rings. The second-order valence-electron chi connectivity index (χ2n) is 12.8. The number of H-pyrrole nitrogens is 1. The van der Waals surface area contributed by atoms with Gasteiger partial charge in [-0.15, -0.1) is 9.73 Å². The Morgan fingerprint density at radius 3 is 2.16 bits per heavy atom. The number of anilines is 1. The first-order valence-corrected chi connectivity index (χ1v) is 16.8. The number of carbonyl (C=O) groups is 2. The molecule has 0 saturated heterocycles. The van der Waals surface area contributed by atoms with Gasteiger partial charge in [-0.25, -0.2) is 4.79 Å². The van der Waals surface area contributed by atoms with Crippen molar-refractivity contribution in [3.8, 4) is 11.4 Å². The summed E-state index contributed by atoms with van der Waals surface area (Å²) in [6.45, 7) is 10.1. The number of amides is 1. The third-order valence-electron chi connectivity index (χ3n) is 7.61. The second-order valence-corrected chi connectivity index (χ2v) is 13.2. The predicted molar refractivity (Wildman–Crippen MR) is 177 cm³/mol. The Morgan fingerprint density at radius 1 is 0.955 bits per heavy atom. The average molecular weight is 630 g/mol. The van der Waals surface area contributed by atoms with Gasteiger partial charge >= 0.3 is 12.1 Å². The standard InChI is InChI=1S/C34H52ClN5O4/c1-6-7-8-9-10-11-12-13-14-15-16-17-18-22-28(41)43-24-25(2)44-33(42)36-27-21-19-20-26(23-27)31-37-32-29(35)30(34(3,4)5)38-40(32)39-31/h19-21,23,25H,6-18,22,24H2,1-5H3,(H,36,42)(H,37,39). The molecule has 1 amide bonds. The molecule has 244 valence electrons. The summed E-state index contributed by atoms with van der Waals surface area (Å²) in [5.41, 5.74) is 2.45. The largest absolute Gasteiger partial charge is 0.462 e. The van der Waals surface area contributed by atoms with E-state index in [0.717, 1.165) is 30.5 Å². The summed E-state index contributed by atoms with van der Waals surface area (Å²) in [6, 6.07) is 7.20. The zero-order valence-electron chi connectivity index (χ0n) is 27.3. The molecule has 0 aliphatic heterocycles. The number of hydrogen-bond acceptors (Lipinski definition) is 6. The number of benzene rings is 1. The summed E-state index contributed by atoms with van der Waals surface area (Å²) in [6.07, 6.45) is 15.6. The number of esters is 1. The minimum absolute atomic E-state index is 0.0221. The molecule has 0 saturated carbocycles. The highest BCUT2D eigenvalue weighted by atomic mass is 35.5. The van der Waals surface area contributed by atoms with Crippen molar-refractivity contribution in [2.75, 3.05) is 11.9 Å². The van der Waals surface area contributed by atoms with Gasteiger partial charge in [-0.05, 0) is 25.5 Å². The van der Waals surface area contributed by atoms with Crippen LogP contribution in [0.3, 0.4) is 0 Å². The van der Waals surface area contributed by atoms with Crippen LogP contribution >= 0.6 is 11.6 Å². The zero-order valence-corrected chi connectivity index (χ0v) is 28.1. The van der Waals surface area contributed by atoms with E-state index >= 15 is 0 Å². The first-order chi connectivity index (χ1) is 21.1. The molecule has 1 aromatic carbocycles. The van der Waals surface area contributed by atoms with Crippen molar-refractivity contribution in [2.24, 2.45) is 0 Å². The van der Waals surface area contributed by atoms with Gasteiger partial charge in [-0.3, -0.25) is 10.1 Å². The van der Waals surface area contributed by atoms with Crippen molar-refractivity contribution < 1.29 is 19.1 Å². The van der Waals surface area contributed by atoms with Gasteiger partial charge in [0.2, 0.25) is 0 Å². The number of nitrogens with one attached hydrogen (secondary N) is 2. The van der Waals surface area contributed by atoms with Crippen LogP contribution in [0.5, 0.6) is 0 Å². The summed E-state index contributed by atoms with van der Waals surface area (Å²) < 4.78 is 12.2. The topological polar surface area (TPSA) is 111 Å². The summed E-state index contributed by atoms with van der Waals surface area (Å²) in [5.74, 6) is 0.312. The monoisotopic (exact) mass is 629 g/mol. The lowest BCUT2D eigenvalue weighted by molar-refractivity contribution is -0.146. The first-order valence-electron chi connectivity index (χ1n) is 16.5. The number of fused-ring (bicyclic) bond motifs is 1. The predicted octanol–water partition coefficient (Wildman–Crippen LogP) is 9.64. The molecule has 0 spiro atoms. The number of carbonyl (C=O) groups excluding carboxylic acids is 2. The van der Waals surface area contributed by atoms with E-state index in [1.54, 1.807) is 25.1 Å². The highest BCUT2D eigenvalue weighted by molar-refractivity contribution is 6.34. The van der Waals surface area contributed by atoms with Crippen molar-refractivity contribution in [1.82, 2.24) is 19.8 Å². The summed E-state index contributed by atoms with van der Waals surface area (Å²) in [7, 11) is 0. The highest BCUT2D eigenvalue weighted by Crippen LogP contribution is 2.32. The van der Waals surface area contributed by atoms with E-state index in [1.165, 1.54) is 68.8 Å². The molecular weight excluding hydrogens is 578 g/mol. The number of ether oxygens (including phenoxy) is 2. The van der Waals surface area contributed by atoms with Gasteiger partial charge in [0.25, 0.3) is 0 Å². The van der Waals surface area contributed by atoms with Crippen molar-refractivity contribution in [1.29, 1.82) is 0 Å². The molecule has 2 heterocycles. The molecule has 0 aliphatic carbocycles. The van der Waals surface area contributed by atoms with Gasteiger partial charge in [0, 0.05) is 23.1 Å². The molecule has 9 nitrogen and oxygen atoms in total. The lowest BCUT2D eigenvalue weighted by Gasteiger charge is -2.15. The Balaban J connectivity index is 1.29. The molecule has 1 unspecified atom stereocenters. The number of hydrogen-bond donors (Lipinski definition) is 2. The van der Waals surface area contributed by atoms with Crippen LogP contribution in [0.2, 0.25) is 5.02 Å². The van der Waals surface area contributed by atoms with Crippen molar-refractivity contribution >= 4 is 35.0 Å². The van der Waals surface area contributed by atoms with Crippen LogP contribution in [0, 0.1) is 0 Å². The third-order valence-corrected chi connectivity index (χ3v) is 7.96. The maximum absolute atomic E-state index is 12.5. The van der Waals surface area contributed by atoms with Gasteiger partial charge < -0.3 is 14.5 Å². The fourth-order valence-corrected chi connectivity index (χ4v) is 5.53. The number of nitrogens with zero attached hydrogens (tertiary/aromatic N) is 3. The molecule has 0 bridgehead atoms. The Hall–Kier alpha value is -3.07. The van der Waals surface area contributed by atoms with Gasteiger partial charge in [0.1, 0.15) is 17.7 Å². The summed E-state index contributed by atoms with van der Waals surface area (Å²) >= 11 is 6.55. The summed E-state index contributed by atoms with van der Waals surface area (Å²) in [4.78, 5) is 27.8. The number of halogens is 1. The zero-order chi connectivity index (χ0) is 32.0. The van der Waals surface area contributed by atoms with Crippen molar-refractivity contribution in [3.05, 3.63) is 35.0 Å². The average Bonchev–Trinajstić information content (AvgIpc) is 3.54. The van der Waals surface area contributed by atoms with Crippen LogP contribution in [0.15, 0.2) is 24.3 Å². The van der Waals surface area contributed by atoms with Crippen LogP contribution in [-0.2, 0) is 19.7 Å². The Morgan fingerprint density at radius 2 is 1.57 bits per heavy atom. The van der Waals surface area contributed by atoms with Crippen LogP contribution in [0.1, 0.15) is 130 Å². The number of aromatic amines is 1. The third kappa shape index (κ3) is 11.8. The quantitative estimate of drug-likeness (QED) is 0.101. The van der Waals surface area contributed by atoms with Gasteiger partial charge in [0.05, 0.1) is 5.69 Å². The van der Waals surface area contributed by atoms with E-state index in [9.17, 15) is 9.59 Å². The fraction of sp³-hybridized carbons (Fsp3) is 0.647. The van der Waals surface area contributed by atoms with Crippen LogP contribution < -0.4 is 5.32 Å². The maximum Gasteiger partial charge on any atom is 0.412 e. The Kier molecular flexibility index (Phi) is 14.5. The molecule has 3 aromatic rings. The summed E-state index contributed by atoms with van der Waals surface area (Å²) in [5, 5.41) is 12.3. The lowest BCUT2D eigenvalue weighted by atomic mass is 9.92. The number of unbranched alkanes of at least 4 members (excludes halogenated alkanes) is 12. The van der Waals surface area contributed by atoms with Gasteiger partial charge in [-0.1, -0.05) is 128 Å². The smallest absolute Gasteiger partial charge is 0.412 e. The fourth-order valence-electron chi connectivity index (χ4n) is 5.08. The van der Waals surface area contributed by atoms with Crippen LogP contribution in [0.4, 0.5) is 10.5 Å². The lowest BCUT2D eigenvalue weighted by Crippen LogP contribution is -2.25. The minimum Gasteiger partial charge on any atom is -0.462 e. The van der Waals surface area contributed by atoms with Crippen LogP contribution in [-0.4, -0.2) is 44.6 Å². The molecular formula is C34H52ClN5O4. The van der Waals surface area contributed by atoms with Crippen molar-refractivity contribution in [2.45, 2.75) is 136 Å². The van der Waals surface area contributed by atoms with E-state index in [2.05, 4.69) is 27.4 Å². The first kappa shape index (κ1) is 35.4. The Labute approximate surface area is 267 Å². The molecule has 2 N–H and O–H groups in total. The molecule has 1 atom stereocenters. The van der Waals surface area contributed by atoms with E-state index in [4.69, 9.17) is 21.1 Å². The number of aromatic nitrogens is 4. The minimum atomic E-state index is -0.630. The Bertz CT molecular complexity index is 1310. The molecule has 2 aromatic heterocycles. The SMILES string of the molecule is CCCCCCCCCCCCCCCC(=O)OCC(C)OC(=O)Nc1cccc(-c2nn3nc(C(C)(C)C)c(Cl)c3[nH]2)c1. The maximum atomic E-state index is 12.5. The molecule has 44 heavy (non-hydrogen) atoms. The molecule has 3 rings (SSSR count). The van der Waals surface area contributed by atoms with E-state index in [0.29, 0.717) is 28.6 Å². The van der Waals surface area contributed by atoms with Gasteiger partial charge in [-0.2, -0.15) is 5.10 Å². The van der Waals surface area contributed by atoms with E-state index in [1.807, 2.05) is 26.8 Å². The van der Waals surface area contributed by atoms with E-state index < -0.39 is 12.2 Å². The molecule has 0 aliphatic rings.